The molecule has 1 heterocycles. The van der Waals surface area contributed by atoms with Crippen LogP contribution in [0.25, 0.3) is 10.2 Å². The number of rotatable bonds is 5. The van der Waals surface area contributed by atoms with Crippen molar-refractivity contribution in [2.75, 3.05) is 12.0 Å². The molecule has 0 bridgehead atoms. The monoisotopic (exact) mass is 392 g/mol. The molecule has 4 rings (SSSR count). The summed E-state index contributed by atoms with van der Waals surface area (Å²) < 4.78 is 20.1. The van der Waals surface area contributed by atoms with Crippen LogP contribution in [0.4, 0.5) is 9.52 Å². The molecule has 140 valence electrons. The highest BCUT2D eigenvalue weighted by Crippen LogP contribution is 2.32. The van der Waals surface area contributed by atoms with Crippen LogP contribution in [-0.2, 0) is 6.54 Å². The summed E-state index contributed by atoms with van der Waals surface area (Å²) in [5.41, 5.74) is 1.72. The fraction of sp³-hybridized carbons (Fsp3) is 0.0909. The Morgan fingerprint density at radius 3 is 2.61 bits per heavy atom. The minimum atomic E-state index is -0.395. The second-order valence-corrected chi connectivity index (χ2v) is 7.20. The number of carbonyl (C=O) groups is 1. The zero-order valence-corrected chi connectivity index (χ0v) is 15.9. The van der Waals surface area contributed by atoms with E-state index in [9.17, 15) is 9.18 Å². The van der Waals surface area contributed by atoms with Gasteiger partial charge in [0.1, 0.15) is 17.1 Å². The van der Waals surface area contributed by atoms with Crippen LogP contribution in [-0.4, -0.2) is 18.0 Å². The number of anilines is 1. The summed E-state index contributed by atoms with van der Waals surface area (Å²) in [5.74, 6) is -0.0171. The van der Waals surface area contributed by atoms with Crippen LogP contribution in [0.1, 0.15) is 15.9 Å². The Hall–Kier alpha value is -3.25. The third kappa shape index (κ3) is 3.59. The number of amides is 1. The summed E-state index contributed by atoms with van der Waals surface area (Å²) in [6, 6.07) is 21.4. The second kappa shape index (κ2) is 7.78. The number of thiazole rings is 1. The van der Waals surface area contributed by atoms with Crippen molar-refractivity contribution < 1.29 is 13.9 Å². The van der Waals surface area contributed by atoms with Crippen molar-refractivity contribution in [2.24, 2.45) is 0 Å². The summed E-state index contributed by atoms with van der Waals surface area (Å²) >= 11 is 1.29. The van der Waals surface area contributed by atoms with Gasteiger partial charge in [0.15, 0.2) is 5.13 Å². The Balaban J connectivity index is 1.78. The first-order valence-corrected chi connectivity index (χ1v) is 9.52. The first kappa shape index (κ1) is 18.1. The van der Waals surface area contributed by atoms with Gasteiger partial charge in [-0.15, -0.1) is 0 Å². The van der Waals surface area contributed by atoms with E-state index in [1.165, 1.54) is 17.4 Å². The van der Waals surface area contributed by atoms with Crippen LogP contribution >= 0.6 is 11.3 Å². The smallest absolute Gasteiger partial charge is 0.260 e. The van der Waals surface area contributed by atoms with Gasteiger partial charge in [0.2, 0.25) is 0 Å². The molecule has 0 unspecified atom stereocenters. The largest absolute Gasteiger partial charge is 0.497 e. The molecule has 0 fully saturated rings. The van der Waals surface area contributed by atoms with E-state index >= 15 is 0 Å². The van der Waals surface area contributed by atoms with E-state index in [1.54, 1.807) is 48.4 Å². The van der Waals surface area contributed by atoms with Gasteiger partial charge < -0.3 is 4.74 Å². The number of benzene rings is 3. The third-order valence-electron chi connectivity index (χ3n) is 4.33. The van der Waals surface area contributed by atoms with Crippen molar-refractivity contribution >= 4 is 32.6 Å². The molecular weight excluding hydrogens is 375 g/mol. The van der Waals surface area contributed by atoms with Gasteiger partial charge in [-0.2, -0.15) is 0 Å². The van der Waals surface area contributed by atoms with Crippen LogP contribution in [0.3, 0.4) is 0 Å². The highest BCUT2D eigenvalue weighted by Gasteiger charge is 2.23. The molecule has 0 saturated heterocycles. The first-order valence-electron chi connectivity index (χ1n) is 8.70. The average molecular weight is 392 g/mol. The lowest BCUT2D eigenvalue weighted by Crippen LogP contribution is -2.30. The number of fused-ring (bicyclic) bond motifs is 1. The molecule has 4 nitrogen and oxygen atoms in total. The number of para-hydroxylation sites is 1. The van der Waals surface area contributed by atoms with E-state index in [-0.39, 0.29) is 11.4 Å². The number of hydrogen-bond donors (Lipinski definition) is 0. The highest BCUT2D eigenvalue weighted by atomic mass is 32.1. The number of halogens is 1. The Labute approximate surface area is 165 Å². The van der Waals surface area contributed by atoms with Gasteiger partial charge in [0.05, 0.1) is 18.4 Å². The van der Waals surface area contributed by atoms with Crippen LogP contribution in [0.5, 0.6) is 5.75 Å². The number of aromatic nitrogens is 1. The molecule has 3 aromatic carbocycles. The Bertz CT molecular complexity index is 1130. The summed E-state index contributed by atoms with van der Waals surface area (Å²) in [4.78, 5) is 19.3. The fourth-order valence-electron chi connectivity index (χ4n) is 2.92. The Morgan fingerprint density at radius 2 is 1.86 bits per heavy atom. The molecular formula is C22H17FN2O2S. The fourth-order valence-corrected chi connectivity index (χ4v) is 3.90. The summed E-state index contributed by atoms with van der Waals surface area (Å²) in [7, 11) is 1.56. The standard InChI is InChI=1S/C22H17FN2O2S/c1-27-17-10-5-9-16(13-17)21(26)25(14-15-7-3-2-4-8-15)22-24-20-18(23)11-6-12-19(20)28-22/h2-13H,14H2,1H3. The lowest BCUT2D eigenvalue weighted by Gasteiger charge is -2.20. The first-order chi connectivity index (χ1) is 13.7. The lowest BCUT2D eigenvalue weighted by molar-refractivity contribution is 0.0985. The topological polar surface area (TPSA) is 42.4 Å². The van der Waals surface area contributed by atoms with Crippen molar-refractivity contribution in [3.63, 3.8) is 0 Å². The van der Waals surface area contributed by atoms with Crippen molar-refractivity contribution in [2.45, 2.75) is 6.54 Å². The van der Waals surface area contributed by atoms with E-state index < -0.39 is 5.82 Å². The van der Waals surface area contributed by atoms with E-state index in [0.717, 1.165) is 5.56 Å². The summed E-state index contributed by atoms with van der Waals surface area (Å²) in [6.07, 6.45) is 0. The molecule has 6 heteroatoms. The van der Waals surface area contributed by atoms with Crippen molar-refractivity contribution in [3.8, 4) is 5.75 Å². The predicted octanol–water partition coefficient (Wildman–Crippen LogP) is 5.29. The zero-order valence-electron chi connectivity index (χ0n) is 15.1. The van der Waals surface area contributed by atoms with Crippen LogP contribution in [0.15, 0.2) is 72.8 Å². The van der Waals surface area contributed by atoms with Crippen molar-refractivity contribution in [1.29, 1.82) is 0 Å². The minimum Gasteiger partial charge on any atom is -0.497 e. The second-order valence-electron chi connectivity index (χ2n) is 6.19. The zero-order chi connectivity index (χ0) is 19.5. The molecule has 1 aromatic heterocycles. The normalized spacial score (nSPS) is 10.8. The predicted molar refractivity (Wildman–Crippen MR) is 110 cm³/mol. The van der Waals surface area contributed by atoms with Gasteiger partial charge in [-0.25, -0.2) is 9.37 Å². The van der Waals surface area contributed by atoms with Crippen LogP contribution < -0.4 is 9.64 Å². The molecule has 1 amide bonds. The Morgan fingerprint density at radius 1 is 1.07 bits per heavy atom. The highest BCUT2D eigenvalue weighted by molar-refractivity contribution is 7.22. The lowest BCUT2D eigenvalue weighted by atomic mass is 10.1. The molecule has 0 atom stereocenters. The van der Waals surface area contributed by atoms with E-state index in [0.29, 0.717) is 27.7 Å². The van der Waals surface area contributed by atoms with Crippen molar-refractivity contribution in [3.05, 3.63) is 89.7 Å². The van der Waals surface area contributed by atoms with Crippen molar-refractivity contribution in [1.82, 2.24) is 4.98 Å². The molecule has 4 aromatic rings. The number of carbonyl (C=O) groups excluding carboxylic acids is 1. The van der Waals surface area contributed by atoms with E-state index in [2.05, 4.69) is 4.98 Å². The molecule has 0 spiro atoms. The molecule has 28 heavy (non-hydrogen) atoms. The maximum Gasteiger partial charge on any atom is 0.260 e. The van der Waals surface area contributed by atoms with Gasteiger partial charge in [-0.1, -0.05) is 53.8 Å². The quantitative estimate of drug-likeness (QED) is 0.463. The third-order valence-corrected chi connectivity index (χ3v) is 5.38. The van der Waals surface area contributed by atoms with Crippen LogP contribution in [0, 0.1) is 5.82 Å². The van der Waals surface area contributed by atoms with Gasteiger partial charge in [0, 0.05) is 5.56 Å². The molecule has 0 aliphatic carbocycles. The summed E-state index contributed by atoms with van der Waals surface area (Å²) in [6.45, 7) is 0.332. The molecule has 0 N–H and O–H groups in total. The minimum absolute atomic E-state index is 0.220. The number of ether oxygens (including phenoxy) is 1. The van der Waals surface area contributed by atoms with Gasteiger partial charge in [-0.3, -0.25) is 9.69 Å². The number of hydrogen-bond acceptors (Lipinski definition) is 4. The number of nitrogens with zero attached hydrogens (tertiary/aromatic N) is 2. The molecule has 0 aliphatic heterocycles. The van der Waals surface area contributed by atoms with Crippen LogP contribution in [0.2, 0.25) is 0 Å². The van der Waals surface area contributed by atoms with Gasteiger partial charge in [-0.05, 0) is 35.9 Å². The molecule has 0 aliphatic rings. The van der Waals surface area contributed by atoms with E-state index in [4.69, 9.17) is 4.74 Å². The maximum absolute atomic E-state index is 14.1. The molecule has 0 saturated carbocycles. The molecule has 0 radical (unpaired) electrons. The SMILES string of the molecule is COc1cccc(C(=O)N(Cc2ccccc2)c2nc3c(F)cccc3s2)c1. The number of methoxy groups -OCH3 is 1. The van der Waals surface area contributed by atoms with Gasteiger partial charge >= 0.3 is 0 Å². The Kier molecular flexibility index (Phi) is 5.04. The van der Waals surface area contributed by atoms with E-state index in [1.807, 2.05) is 30.3 Å². The maximum atomic E-state index is 14.1. The average Bonchev–Trinajstić information content (AvgIpc) is 3.18. The van der Waals surface area contributed by atoms with Gasteiger partial charge in [0.25, 0.3) is 5.91 Å². The summed E-state index contributed by atoms with van der Waals surface area (Å²) in [5, 5.41) is 0.455.